The number of carbonyl (C=O) groups is 1. The molecule has 0 radical (unpaired) electrons. The van der Waals surface area contributed by atoms with Crippen molar-refractivity contribution < 1.29 is 9.53 Å². The highest BCUT2D eigenvalue weighted by molar-refractivity contribution is 7.99. The minimum atomic E-state index is -0.535. The monoisotopic (exact) mass is 406 g/mol. The van der Waals surface area contributed by atoms with Crippen LogP contribution in [0.3, 0.4) is 0 Å². The minimum Gasteiger partial charge on any atom is -0.444 e. The third-order valence-corrected chi connectivity index (χ3v) is 5.74. The third-order valence-electron chi connectivity index (χ3n) is 4.65. The van der Waals surface area contributed by atoms with Gasteiger partial charge in [-0.15, -0.1) is 0 Å². The van der Waals surface area contributed by atoms with Crippen LogP contribution < -0.4 is 16.0 Å². The molecule has 0 aliphatic heterocycles. The van der Waals surface area contributed by atoms with Crippen LogP contribution in [-0.4, -0.2) is 48.8 Å². The summed E-state index contributed by atoms with van der Waals surface area (Å²) >= 11 is 1.94. The number of ether oxygens (including phenoxy) is 1. The Labute approximate surface area is 173 Å². The molecule has 0 spiro atoms. The topological polar surface area (TPSA) is 74.8 Å². The number of aliphatic imine (C=N–C) groups is 1. The van der Waals surface area contributed by atoms with Crippen molar-refractivity contribution in [3.05, 3.63) is 35.9 Å². The van der Waals surface area contributed by atoms with E-state index in [0.29, 0.717) is 12.6 Å². The van der Waals surface area contributed by atoms with Gasteiger partial charge in [0.15, 0.2) is 5.96 Å². The van der Waals surface area contributed by atoms with Gasteiger partial charge in [0.2, 0.25) is 0 Å². The van der Waals surface area contributed by atoms with E-state index >= 15 is 0 Å². The maximum atomic E-state index is 12.3. The summed E-state index contributed by atoms with van der Waals surface area (Å²) < 4.78 is 5.43. The highest BCUT2D eigenvalue weighted by atomic mass is 32.2. The summed E-state index contributed by atoms with van der Waals surface area (Å²) in [6.45, 7) is 6.09. The molecule has 0 saturated heterocycles. The van der Waals surface area contributed by atoms with Crippen LogP contribution in [0.4, 0.5) is 4.79 Å². The van der Waals surface area contributed by atoms with Crippen molar-refractivity contribution in [2.45, 2.75) is 63.0 Å². The number of hydrogen-bond donors (Lipinski definition) is 3. The van der Waals surface area contributed by atoms with Crippen LogP contribution in [0.25, 0.3) is 0 Å². The molecule has 3 unspecified atom stereocenters. The molecule has 1 aromatic rings. The second kappa shape index (κ2) is 10.6. The Morgan fingerprint density at radius 3 is 2.57 bits per heavy atom. The van der Waals surface area contributed by atoms with Crippen LogP contribution >= 0.6 is 11.8 Å². The molecular formula is C21H34N4O2S. The van der Waals surface area contributed by atoms with E-state index in [-0.39, 0.29) is 6.04 Å². The largest absolute Gasteiger partial charge is 0.444 e. The van der Waals surface area contributed by atoms with Gasteiger partial charge in [-0.3, -0.25) is 4.99 Å². The minimum absolute atomic E-state index is 0.225. The zero-order valence-electron chi connectivity index (χ0n) is 17.6. The zero-order chi connectivity index (χ0) is 20.6. The number of nitrogens with one attached hydrogen (secondary N) is 3. The first-order chi connectivity index (χ1) is 13.3. The average molecular weight is 407 g/mol. The molecular weight excluding hydrogens is 372 g/mol. The number of thioether (sulfide) groups is 1. The van der Waals surface area contributed by atoms with E-state index in [1.54, 1.807) is 7.05 Å². The van der Waals surface area contributed by atoms with Gasteiger partial charge < -0.3 is 20.7 Å². The summed E-state index contributed by atoms with van der Waals surface area (Å²) in [5, 5.41) is 10.6. The van der Waals surface area contributed by atoms with Gasteiger partial charge in [0.1, 0.15) is 5.60 Å². The van der Waals surface area contributed by atoms with E-state index in [4.69, 9.17) is 4.74 Å². The SMILES string of the molecule is CN=C(NCC(NC(=O)OC(C)(C)C)c1ccccc1)NC1CCC(SC)C1. The lowest BCUT2D eigenvalue weighted by atomic mass is 10.1. The lowest BCUT2D eigenvalue weighted by Crippen LogP contribution is -2.46. The van der Waals surface area contributed by atoms with E-state index in [9.17, 15) is 4.79 Å². The number of carbonyl (C=O) groups excluding carboxylic acids is 1. The summed E-state index contributed by atoms with van der Waals surface area (Å²) in [5.41, 5.74) is 0.478. The van der Waals surface area contributed by atoms with E-state index in [1.807, 2.05) is 62.9 Å². The van der Waals surface area contributed by atoms with E-state index in [0.717, 1.165) is 29.6 Å². The number of amides is 1. The Morgan fingerprint density at radius 2 is 2.00 bits per heavy atom. The summed E-state index contributed by atoms with van der Waals surface area (Å²) in [5.74, 6) is 0.763. The quantitative estimate of drug-likeness (QED) is 0.496. The summed E-state index contributed by atoms with van der Waals surface area (Å²) in [7, 11) is 1.77. The Hall–Kier alpha value is -1.89. The fourth-order valence-electron chi connectivity index (χ4n) is 3.26. The Balaban J connectivity index is 1.96. The van der Waals surface area contributed by atoms with Crippen molar-refractivity contribution in [1.82, 2.24) is 16.0 Å². The van der Waals surface area contributed by atoms with Crippen LogP contribution in [-0.2, 0) is 4.74 Å². The Morgan fingerprint density at radius 1 is 1.29 bits per heavy atom. The number of hydrogen-bond acceptors (Lipinski definition) is 4. The van der Waals surface area contributed by atoms with Crippen LogP contribution in [0, 0.1) is 0 Å². The predicted molar refractivity (Wildman–Crippen MR) is 118 cm³/mol. The van der Waals surface area contributed by atoms with E-state index < -0.39 is 11.7 Å². The lowest BCUT2D eigenvalue weighted by molar-refractivity contribution is 0.0504. The molecule has 28 heavy (non-hydrogen) atoms. The first-order valence-corrected chi connectivity index (χ1v) is 11.1. The van der Waals surface area contributed by atoms with Gasteiger partial charge in [-0.05, 0) is 51.9 Å². The van der Waals surface area contributed by atoms with Crippen molar-refractivity contribution in [3.8, 4) is 0 Å². The molecule has 0 bridgehead atoms. The van der Waals surface area contributed by atoms with Gasteiger partial charge in [0.25, 0.3) is 0 Å². The maximum Gasteiger partial charge on any atom is 0.408 e. The van der Waals surface area contributed by atoms with Crippen LogP contribution in [0.5, 0.6) is 0 Å². The van der Waals surface area contributed by atoms with Gasteiger partial charge in [0, 0.05) is 24.9 Å². The molecule has 1 aromatic carbocycles. The van der Waals surface area contributed by atoms with Crippen LogP contribution in [0.15, 0.2) is 35.3 Å². The molecule has 3 atom stereocenters. The second-order valence-electron chi connectivity index (χ2n) is 8.07. The average Bonchev–Trinajstić information content (AvgIpc) is 3.10. The van der Waals surface area contributed by atoms with Gasteiger partial charge in [-0.25, -0.2) is 4.79 Å². The number of benzene rings is 1. The molecule has 1 saturated carbocycles. The molecule has 3 N–H and O–H groups in total. The molecule has 1 aliphatic rings. The van der Waals surface area contributed by atoms with Crippen LogP contribution in [0.2, 0.25) is 0 Å². The molecule has 0 heterocycles. The molecule has 7 heteroatoms. The smallest absolute Gasteiger partial charge is 0.408 e. The highest BCUT2D eigenvalue weighted by Gasteiger charge is 2.25. The third kappa shape index (κ3) is 7.62. The van der Waals surface area contributed by atoms with Crippen molar-refractivity contribution >= 4 is 23.8 Å². The maximum absolute atomic E-state index is 12.3. The van der Waals surface area contributed by atoms with Gasteiger partial charge in [0.05, 0.1) is 6.04 Å². The highest BCUT2D eigenvalue weighted by Crippen LogP contribution is 2.28. The number of alkyl carbamates (subject to hydrolysis) is 1. The number of nitrogens with zero attached hydrogens (tertiary/aromatic N) is 1. The fourth-order valence-corrected chi connectivity index (χ4v) is 4.06. The van der Waals surface area contributed by atoms with Gasteiger partial charge in [-0.1, -0.05) is 30.3 Å². The molecule has 156 valence electrons. The summed E-state index contributed by atoms with van der Waals surface area (Å²) in [6.07, 6.45) is 5.30. The van der Waals surface area contributed by atoms with Crippen molar-refractivity contribution in [2.24, 2.45) is 4.99 Å². The second-order valence-corrected chi connectivity index (χ2v) is 9.21. The normalized spacial score (nSPS) is 21.1. The molecule has 6 nitrogen and oxygen atoms in total. The molecule has 1 fully saturated rings. The standard InChI is InChI=1S/C21H34N4O2S/c1-21(2,3)27-20(26)25-18(15-9-7-6-8-10-15)14-23-19(22-4)24-16-11-12-17(13-16)28-5/h6-10,16-18H,11-14H2,1-5H3,(H,25,26)(H2,22,23,24). The number of rotatable bonds is 6. The Bertz CT molecular complexity index is 646. The Kier molecular flexibility index (Phi) is 8.48. The predicted octanol–water partition coefficient (Wildman–Crippen LogP) is 3.70. The van der Waals surface area contributed by atoms with Gasteiger partial charge >= 0.3 is 6.09 Å². The molecule has 2 rings (SSSR count). The summed E-state index contributed by atoms with van der Waals surface area (Å²) in [6, 6.07) is 10.1. The van der Waals surface area contributed by atoms with Gasteiger partial charge in [-0.2, -0.15) is 11.8 Å². The zero-order valence-corrected chi connectivity index (χ0v) is 18.4. The van der Waals surface area contributed by atoms with Crippen molar-refractivity contribution in [2.75, 3.05) is 19.8 Å². The van der Waals surface area contributed by atoms with E-state index in [1.165, 1.54) is 6.42 Å². The molecule has 0 aromatic heterocycles. The van der Waals surface area contributed by atoms with Crippen LogP contribution in [0.1, 0.15) is 51.6 Å². The first-order valence-electron chi connectivity index (χ1n) is 9.85. The first kappa shape index (κ1) is 22.4. The summed E-state index contributed by atoms with van der Waals surface area (Å²) in [4.78, 5) is 16.6. The van der Waals surface area contributed by atoms with E-state index in [2.05, 4.69) is 27.2 Å². The lowest BCUT2D eigenvalue weighted by Gasteiger charge is -2.25. The fraction of sp³-hybridized carbons (Fsp3) is 0.619. The van der Waals surface area contributed by atoms with Crippen molar-refractivity contribution in [1.29, 1.82) is 0 Å². The number of guanidine groups is 1. The molecule has 1 aliphatic carbocycles. The van der Waals surface area contributed by atoms with Crippen molar-refractivity contribution in [3.63, 3.8) is 0 Å². The molecule has 1 amide bonds.